The third-order valence-corrected chi connectivity index (χ3v) is 3.82. The van der Waals surface area contributed by atoms with E-state index in [1.54, 1.807) is 24.3 Å². The summed E-state index contributed by atoms with van der Waals surface area (Å²) >= 11 is 7.03. The monoisotopic (exact) mass is 335 g/mol. The maximum absolute atomic E-state index is 12.0. The Hall–Kier alpha value is -2.58. The van der Waals surface area contributed by atoms with Gasteiger partial charge in [-0.2, -0.15) is 0 Å². The largest absolute Gasteiger partial charge is 0.389 e. The molecule has 0 saturated heterocycles. The molecule has 3 rings (SSSR count). The number of nitrogens with one attached hydrogen (secondary N) is 3. The molecule has 22 heavy (non-hydrogen) atoms. The van der Waals surface area contributed by atoms with E-state index >= 15 is 0 Å². The van der Waals surface area contributed by atoms with Crippen molar-refractivity contribution < 1.29 is 9.59 Å². The van der Waals surface area contributed by atoms with E-state index in [-0.39, 0.29) is 10.7 Å². The average molecular weight is 336 g/mol. The van der Waals surface area contributed by atoms with Crippen molar-refractivity contribution in [3.63, 3.8) is 0 Å². The molecule has 0 unspecified atom stereocenters. The second-order valence-corrected chi connectivity index (χ2v) is 5.71. The van der Waals surface area contributed by atoms with Gasteiger partial charge in [-0.3, -0.25) is 20.4 Å². The molecular formula is C13H10ClN5O2S. The van der Waals surface area contributed by atoms with Crippen LogP contribution in [0.2, 0.25) is 5.02 Å². The van der Waals surface area contributed by atoms with Crippen molar-refractivity contribution in [1.82, 2.24) is 20.8 Å². The van der Waals surface area contributed by atoms with Crippen LogP contribution in [-0.4, -0.2) is 21.8 Å². The second-order valence-electron chi connectivity index (χ2n) is 4.39. The number of fused-ring (bicyclic) bond motifs is 1. The van der Waals surface area contributed by atoms with Crippen LogP contribution >= 0.6 is 22.9 Å². The van der Waals surface area contributed by atoms with Crippen molar-refractivity contribution in [2.75, 3.05) is 5.73 Å². The number of rotatable bonds is 2. The summed E-state index contributed by atoms with van der Waals surface area (Å²) in [5, 5.41) is 1.66. The van der Waals surface area contributed by atoms with Gasteiger partial charge in [0.15, 0.2) is 5.69 Å². The van der Waals surface area contributed by atoms with Gasteiger partial charge in [0.05, 0.1) is 5.51 Å². The lowest BCUT2D eigenvalue weighted by atomic mass is 10.2. The number of nitrogen functional groups attached to an aromatic ring is 1. The number of halogens is 1. The molecule has 0 aliphatic carbocycles. The van der Waals surface area contributed by atoms with E-state index in [1.165, 1.54) is 5.51 Å². The number of amides is 2. The zero-order valence-corrected chi connectivity index (χ0v) is 12.6. The molecule has 7 nitrogen and oxygen atoms in total. The van der Waals surface area contributed by atoms with E-state index in [4.69, 9.17) is 17.3 Å². The molecule has 5 N–H and O–H groups in total. The summed E-state index contributed by atoms with van der Waals surface area (Å²) in [5.41, 5.74) is 12.7. The number of nitrogens with two attached hydrogens (primary N) is 1. The number of carbonyl (C=O) groups excluding carboxylic acids is 2. The molecule has 3 aromatic rings. The smallest absolute Gasteiger partial charge is 0.291 e. The molecule has 2 aromatic heterocycles. The Bertz CT molecular complexity index is 872. The first-order valence-electron chi connectivity index (χ1n) is 6.12. The van der Waals surface area contributed by atoms with Gasteiger partial charge >= 0.3 is 0 Å². The number of H-pyrrole nitrogens is 1. The number of aromatic nitrogens is 2. The standard InChI is InChI=1S/C13H10ClN5O2S/c14-7-1-2-8-6(3-7)4-9(17-8)12(20)18-19-13(21)10-11(15)22-5-16-10/h1-5,17H,15H2,(H,18,20)(H,19,21). The minimum atomic E-state index is -0.578. The van der Waals surface area contributed by atoms with E-state index in [0.29, 0.717) is 10.7 Å². The molecule has 0 aliphatic rings. The number of hydrogen-bond acceptors (Lipinski definition) is 5. The molecule has 112 valence electrons. The zero-order chi connectivity index (χ0) is 15.7. The zero-order valence-electron chi connectivity index (χ0n) is 11.0. The third-order valence-electron chi connectivity index (χ3n) is 2.93. The van der Waals surface area contributed by atoms with E-state index in [2.05, 4.69) is 20.8 Å². The Morgan fingerprint density at radius 2 is 2.00 bits per heavy atom. The molecule has 0 spiro atoms. The Kier molecular flexibility index (Phi) is 3.70. The van der Waals surface area contributed by atoms with E-state index < -0.39 is 11.8 Å². The van der Waals surface area contributed by atoms with Gasteiger partial charge in [-0.05, 0) is 24.3 Å². The highest BCUT2D eigenvalue weighted by atomic mass is 35.5. The number of hydrogen-bond donors (Lipinski definition) is 4. The van der Waals surface area contributed by atoms with Crippen LogP contribution in [-0.2, 0) is 0 Å². The van der Waals surface area contributed by atoms with Crippen LogP contribution in [0.4, 0.5) is 5.00 Å². The number of hydrazine groups is 1. The topological polar surface area (TPSA) is 113 Å². The molecule has 1 aromatic carbocycles. The van der Waals surface area contributed by atoms with Gasteiger partial charge in [-0.25, -0.2) is 4.98 Å². The van der Waals surface area contributed by atoms with Crippen LogP contribution in [0.25, 0.3) is 10.9 Å². The molecule has 9 heteroatoms. The van der Waals surface area contributed by atoms with Crippen molar-refractivity contribution in [2.45, 2.75) is 0 Å². The van der Waals surface area contributed by atoms with Crippen molar-refractivity contribution in [3.05, 3.63) is 46.2 Å². The SMILES string of the molecule is Nc1scnc1C(=O)NNC(=O)c1cc2cc(Cl)ccc2[nH]1. The van der Waals surface area contributed by atoms with Gasteiger partial charge in [0.1, 0.15) is 10.7 Å². The lowest BCUT2D eigenvalue weighted by Crippen LogP contribution is -2.42. The first kappa shape index (κ1) is 14.4. The number of anilines is 1. The molecule has 2 heterocycles. The predicted molar refractivity (Wildman–Crippen MR) is 84.8 cm³/mol. The van der Waals surface area contributed by atoms with Crippen molar-refractivity contribution in [1.29, 1.82) is 0 Å². The molecule has 2 amide bonds. The Morgan fingerprint density at radius 3 is 2.73 bits per heavy atom. The summed E-state index contributed by atoms with van der Waals surface area (Å²) in [6.45, 7) is 0. The molecule has 0 bridgehead atoms. The minimum Gasteiger partial charge on any atom is -0.389 e. The van der Waals surface area contributed by atoms with Crippen LogP contribution < -0.4 is 16.6 Å². The third kappa shape index (κ3) is 2.74. The van der Waals surface area contributed by atoms with Crippen LogP contribution in [0, 0.1) is 0 Å². The second kappa shape index (κ2) is 5.66. The lowest BCUT2D eigenvalue weighted by molar-refractivity contribution is 0.0842. The van der Waals surface area contributed by atoms with Gasteiger partial charge in [0.2, 0.25) is 0 Å². The number of nitrogens with zero attached hydrogens (tertiary/aromatic N) is 1. The van der Waals surface area contributed by atoms with Crippen LogP contribution in [0.3, 0.4) is 0 Å². The van der Waals surface area contributed by atoms with E-state index in [1.807, 2.05) is 0 Å². The van der Waals surface area contributed by atoms with Gasteiger partial charge in [-0.15, -0.1) is 11.3 Å². The normalized spacial score (nSPS) is 10.6. The van der Waals surface area contributed by atoms with Crippen molar-refractivity contribution in [3.8, 4) is 0 Å². The quantitative estimate of drug-likeness (QED) is 0.536. The maximum atomic E-state index is 12.0. The number of benzene rings is 1. The minimum absolute atomic E-state index is 0.0775. The van der Waals surface area contributed by atoms with Gasteiger partial charge in [0, 0.05) is 15.9 Å². The van der Waals surface area contributed by atoms with E-state index in [9.17, 15) is 9.59 Å². The fraction of sp³-hybridized carbons (Fsp3) is 0. The van der Waals surface area contributed by atoms with Crippen LogP contribution in [0.1, 0.15) is 21.0 Å². The van der Waals surface area contributed by atoms with Crippen molar-refractivity contribution >= 4 is 50.7 Å². The van der Waals surface area contributed by atoms with Gasteiger partial charge in [0.25, 0.3) is 11.8 Å². The van der Waals surface area contributed by atoms with Crippen molar-refractivity contribution in [2.24, 2.45) is 0 Å². The first-order chi connectivity index (χ1) is 10.5. The fourth-order valence-electron chi connectivity index (χ4n) is 1.89. The summed E-state index contributed by atoms with van der Waals surface area (Å²) in [5.74, 6) is -1.07. The summed E-state index contributed by atoms with van der Waals surface area (Å²) in [6.07, 6.45) is 0. The lowest BCUT2D eigenvalue weighted by Gasteiger charge is -2.04. The number of carbonyl (C=O) groups is 2. The number of aromatic amines is 1. The highest BCUT2D eigenvalue weighted by Crippen LogP contribution is 2.20. The average Bonchev–Trinajstić information content (AvgIpc) is 3.09. The molecule has 0 saturated carbocycles. The summed E-state index contributed by atoms with van der Waals surface area (Å²) in [6, 6.07) is 6.86. The predicted octanol–water partition coefficient (Wildman–Crippen LogP) is 1.93. The summed E-state index contributed by atoms with van der Waals surface area (Å²) < 4.78 is 0. The Labute approximate surface area is 133 Å². The van der Waals surface area contributed by atoms with E-state index in [0.717, 1.165) is 22.2 Å². The summed E-state index contributed by atoms with van der Waals surface area (Å²) in [7, 11) is 0. The van der Waals surface area contributed by atoms with Gasteiger partial charge < -0.3 is 10.7 Å². The molecular weight excluding hydrogens is 326 g/mol. The molecule has 0 fully saturated rings. The maximum Gasteiger partial charge on any atom is 0.291 e. The molecule has 0 atom stereocenters. The highest BCUT2D eigenvalue weighted by molar-refractivity contribution is 7.14. The van der Waals surface area contributed by atoms with Crippen LogP contribution in [0.15, 0.2) is 29.8 Å². The first-order valence-corrected chi connectivity index (χ1v) is 7.38. The van der Waals surface area contributed by atoms with Crippen LogP contribution in [0.5, 0.6) is 0 Å². The van der Waals surface area contributed by atoms with Gasteiger partial charge in [-0.1, -0.05) is 11.6 Å². The Morgan fingerprint density at radius 1 is 1.23 bits per heavy atom. The molecule has 0 aliphatic heterocycles. The number of thiazole rings is 1. The highest BCUT2D eigenvalue weighted by Gasteiger charge is 2.15. The summed E-state index contributed by atoms with van der Waals surface area (Å²) in [4.78, 5) is 30.6. The fourth-order valence-corrected chi connectivity index (χ4v) is 2.60. The Balaban J connectivity index is 1.71. The molecule has 0 radical (unpaired) electrons.